The Balaban J connectivity index is 2.40. The van der Waals surface area contributed by atoms with E-state index < -0.39 is 6.48 Å². The number of hydrogen-bond acceptors (Lipinski definition) is 5. The molecule has 0 N–H and O–H groups in total. The van der Waals surface area contributed by atoms with Crippen molar-refractivity contribution in [2.24, 2.45) is 0 Å². The Morgan fingerprint density at radius 3 is 2.48 bits per heavy atom. The number of rotatable bonds is 12. The molecule has 0 unspecified atom stereocenters. The van der Waals surface area contributed by atoms with E-state index in [4.69, 9.17) is 14.2 Å². The van der Waals surface area contributed by atoms with Crippen molar-refractivity contribution in [1.82, 2.24) is 4.90 Å². The lowest BCUT2D eigenvalue weighted by Crippen LogP contribution is -2.34. The van der Waals surface area contributed by atoms with Gasteiger partial charge in [0.2, 0.25) is 0 Å². The molecule has 0 saturated heterocycles. The van der Waals surface area contributed by atoms with Gasteiger partial charge in [-0.2, -0.15) is 0 Å². The molecule has 0 amide bonds. The number of benzene rings is 1. The van der Waals surface area contributed by atoms with Gasteiger partial charge in [0.25, 0.3) is 6.48 Å². The van der Waals surface area contributed by atoms with E-state index in [0.29, 0.717) is 19.6 Å². The minimum absolute atomic E-state index is 0.296. The second-order valence-corrected chi connectivity index (χ2v) is 5.37. The van der Waals surface area contributed by atoms with Gasteiger partial charge in [0.15, 0.2) is 0 Å². The predicted octanol–water partition coefficient (Wildman–Crippen LogP) is 2.62. The van der Waals surface area contributed by atoms with Crippen LogP contribution >= 0.6 is 0 Å². The average Bonchev–Trinajstić information content (AvgIpc) is 2.56. The molecule has 0 fully saturated rings. The number of carbonyl (C=O) groups excluding carboxylic acids is 1. The van der Waals surface area contributed by atoms with E-state index >= 15 is 0 Å². The van der Waals surface area contributed by atoms with Crippen LogP contribution in [-0.2, 0) is 25.5 Å². The van der Waals surface area contributed by atoms with E-state index in [1.165, 1.54) is 19.8 Å². The van der Waals surface area contributed by atoms with Crippen LogP contribution in [0.2, 0.25) is 0 Å². The van der Waals surface area contributed by atoms with Gasteiger partial charge in [0.05, 0.1) is 12.6 Å². The van der Waals surface area contributed by atoms with E-state index in [9.17, 15) is 4.79 Å². The van der Waals surface area contributed by atoms with Crippen LogP contribution in [0, 0.1) is 0 Å². The molecular weight excluding hydrogens is 294 g/mol. The predicted molar refractivity (Wildman–Crippen MR) is 89.9 cm³/mol. The summed E-state index contributed by atoms with van der Waals surface area (Å²) in [4.78, 5) is 13.4. The van der Waals surface area contributed by atoms with Crippen molar-refractivity contribution in [1.29, 1.82) is 0 Å². The summed E-state index contributed by atoms with van der Waals surface area (Å²) in [7, 11) is 4.97. The molecule has 0 aliphatic rings. The van der Waals surface area contributed by atoms with Crippen molar-refractivity contribution in [2.45, 2.75) is 31.9 Å². The highest BCUT2D eigenvalue weighted by molar-refractivity contribution is 5.63. The van der Waals surface area contributed by atoms with Gasteiger partial charge in [0.1, 0.15) is 6.29 Å². The largest absolute Gasteiger partial charge is 0.333 e. The number of hydrogen-bond donors (Lipinski definition) is 0. The zero-order valence-electron chi connectivity index (χ0n) is 14.2. The number of methoxy groups -OCH3 is 2. The first-order valence-corrected chi connectivity index (χ1v) is 7.66. The third-order valence-electron chi connectivity index (χ3n) is 3.58. The fraction of sp³-hybridized carbons (Fsp3) is 0.500. The normalized spacial score (nSPS) is 12.6. The van der Waals surface area contributed by atoms with Gasteiger partial charge in [-0.15, -0.1) is 0 Å². The quantitative estimate of drug-likeness (QED) is 0.256. The first-order valence-electron chi connectivity index (χ1n) is 7.66. The van der Waals surface area contributed by atoms with E-state index in [1.807, 2.05) is 42.3 Å². The number of nitrogens with zero attached hydrogens (tertiary/aromatic N) is 1. The molecule has 1 rings (SSSR count). The minimum atomic E-state index is -0.647. The molecule has 0 bridgehead atoms. The van der Waals surface area contributed by atoms with E-state index in [-0.39, 0.29) is 6.04 Å². The average molecular weight is 321 g/mol. The molecular formula is C18H27NO4. The Hall–Kier alpha value is -1.53. The van der Waals surface area contributed by atoms with Crippen molar-refractivity contribution >= 4 is 6.29 Å². The maximum atomic E-state index is 11.4. The highest BCUT2D eigenvalue weighted by Crippen LogP contribution is 2.15. The highest BCUT2D eigenvalue weighted by Gasteiger charge is 2.17. The molecule has 5 nitrogen and oxygen atoms in total. The van der Waals surface area contributed by atoms with Gasteiger partial charge in [-0.05, 0) is 25.5 Å². The van der Waals surface area contributed by atoms with Crippen LogP contribution in [0.25, 0.3) is 0 Å². The first-order chi connectivity index (χ1) is 11.1. The van der Waals surface area contributed by atoms with Crippen LogP contribution in [0.5, 0.6) is 0 Å². The van der Waals surface area contributed by atoms with Crippen molar-refractivity contribution in [3.05, 3.63) is 48.0 Å². The Morgan fingerprint density at radius 2 is 1.91 bits per heavy atom. The van der Waals surface area contributed by atoms with Gasteiger partial charge in [-0.3, -0.25) is 4.90 Å². The van der Waals surface area contributed by atoms with Gasteiger partial charge >= 0.3 is 0 Å². The maximum absolute atomic E-state index is 11.4. The zero-order valence-corrected chi connectivity index (χ0v) is 14.2. The van der Waals surface area contributed by atoms with Crippen molar-refractivity contribution < 1.29 is 19.0 Å². The van der Waals surface area contributed by atoms with Gasteiger partial charge in [0, 0.05) is 20.8 Å². The second-order valence-electron chi connectivity index (χ2n) is 5.37. The molecule has 128 valence electrons. The Bertz CT molecular complexity index is 459. The summed E-state index contributed by atoms with van der Waals surface area (Å²) < 4.78 is 15.3. The lowest BCUT2D eigenvalue weighted by Gasteiger charge is -2.25. The fourth-order valence-corrected chi connectivity index (χ4v) is 2.34. The van der Waals surface area contributed by atoms with Gasteiger partial charge in [-0.1, -0.05) is 42.5 Å². The Labute approximate surface area is 138 Å². The SMILES string of the molecule is C=C(CCCOC(OC)OC)[C@@H](C=O)N(C)Cc1ccccc1. The summed E-state index contributed by atoms with van der Waals surface area (Å²) >= 11 is 0. The van der Waals surface area contributed by atoms with Gasteiger partial charge in [-0.25, -0.2) is 0 Å². The van der Waals surface area contributed by atoms with Crippen LogP contribution in [0.1, 0.15) is 18.4 Å². The summed E-state index contributed by atoms with van der Waals surface area (Å²) in [5, 5.41) is 0. The fourth-order valence-electron chi connectivity index (χ4n) is 2.34. The molecule has 0 aliphatic heterocycles. The molecule has 5 heteroatoms. The summed E-state index contributed by atoms with van der Waals surface area (Å²) in [6.45, 7) is 4.60. The topological polar surface area (TPSA) is 48.0 Å². The highest BCUT2D eigenvalue weighted by atomic mass is 16.8. The molecule has 0 spiro atoms. The molecule has 0 radical (unpaired) electrons. The standard InChI is InChI=1S/C18H27NO4/c1-15(9-8-12-23-18(21-3)22-4)17(14-20)19(2)13-16-10-6-5-7-11-16/h5-7,10-11,14,17-18H,1,8-9,12-13H2,2-4H3/t17-/m1/s1. The van der Waals surface area contributed by atoms with Crippen LogP contribution < -0.4 is 0 Å². The number of aldehydes is 1. The molecule has 23 heavy (non-hydrogen) atoms. The van der Waals surface area contributed by atoms with E-state index in [2.05, 4.69) is 6.58 Å². The van der Waals surface area contributed by atoms with Crippen LogP contribution in [0.15, 0.2) is 42.5 Å². The summed E-state index contributed by atoms with van der Waals surface area (Å²) in [5.41, 5.74) is 2.05. The third kappa shape index (κ3) is 7.05. The first kappa shape index (κ1) is 19.5. The Kier molecular flexibility index (Phi) is 9.40. The summed E-state index contributed by atoms with van der Waals surface area (Å²) in [5.74, 6) is 0. The molecule has 0 saturated carbocycles. The van der Waals surface area contributed by atoms with Crippen LogP contribution in [0.3, 0.4) is 0 Å². The van der Waals surface area contributed by atoms with E-state index in [1.54, 1.807) is 0 Å². The third-order valence-corrected chi connectivity index (χ3v) is 3.58. The number of carbonyl (C=O) groups is 1. The zero-order chi connectivity index (χ0) is 17.1. The number of ether oxygens (including phenoxy) is 3. The molecule has 0 heterocycles. The molecule has 0 aliphatic carbocycles. The smallest absolute Gasteiger partial charge is 0.271 e. The second kappa shape index (κ2) is 11.1. The van der Waals surface area contributed by atoms with Gasteiger partial charge < -0.3 is 19.0 Å². The lowest BCUT2D eigenvalue weighted by atomic mass is 10.0. The molecule has 1 aromatic rings. The van der Waals surface area contributed by atoms with Crippen molar-refractivity contribution in [3.63, 3.8) is 0 Å². The Morgan fingerprint density at radius 1 is 1.26 bits per heavy atom. The van der Waals surface area contributed by atoms with Crippen molar-refractivity contribution in [2.75, 3.05) is 27.9 Å². The molecule has 0 aromatic heterocycles. The molecule has 1 aromatic carbocycles. The lowest BCUT2D eigenvalue weighted by molar-refractivity contribution is -0.265. The van der Waals surface area contributed by atoms with Crippen molar-refractivity contribution in [3.8, 4) is 0 Å². The summed E-state index contributed by atoms with van der Waals surface area (Å²) in [6, 6.07) is 9.76. The van der Waals surface area contributed by atoms with Crippen LogP contribution in [0.4, 0.5) is 0 Å². The maximum Gasteiger partial charge on any atom is 0.271 e. The number of likely N-dealkylation sites (N-methyl/N-ethyl adjacent to an activating group) is 1. The summed E-state index contributed by atoms with van der Waals surface area (Å²) in [6.07, 6.45) is 2.41. The minimum Gasteiger partial charge on any atom is -0.333 e. The van der Waals surface area contributed by atoms with E-state index in [0.717, 1.165) is 18.3 Å². The van der Waals surface area contributed by atoms with Crippen LogP contribution in [-0.4, -0.2) is 51.6 Å². The monoisotopic (exact) mass is 321 g/mol. The molecule has 1 atom stereocenters.